The Hall–Kier alpha value is -1.75. The van der Waals surface area contributed by atoms with Crippen molar-refractivity contribution in [3.05, 3.63) is 45.8 Å². The molecule has 1 unspecified atom stereocenters. The molecule has 1 aromatic carbocycles. The molecular formula is C13H12AsF3O4. The van der Waals surface area contributed by atoms with Crippen molar-refractivity contribution in [1.29, 1.82) is 0 Å². The zero-order valence-corrected chi connectivity index (χ0v) is 13.1. The Morgan fingerprint density at radius 3 is 2.52 bits per heavy atom. The summed E-state index contributed by atoms with van der Waals surface area (Å²) in [6.45, 7) is 0.439. The van der Waals surface area contributed by atoms with Gasteiger partial charge in [0.05, 0.1) is 5.56 Å². The van der Waals surface area contributed by atoms with Gasteiger partial charge in [0.15, 0.2) is 0 Å². The molecule has 0 aromatic heterocycles. The summed E-state index contributed by atoms with van der Waals surface area (Å²) < 4.78 is 38.9. The fourth-order valence-electron chi connectivity index (χ4n) is 1.38. The van der Waals surface area contributed by atoms with Gasteiger partial charge in [-0.05, 0) is 6.07 Å². The van der Waals surface area contributed by atoms with Crippen LogP contribution in [0.1, 0.15) is 22.3 Å². The molecule has 0 spiro atoms. The first-order chi connectivity index (χ1) is 9.70. The Bertz CT molecular complexity index is 567. The molecule has 0 amide bonds. The first-order valence-electron chi connectivity index (χ1n) is 5.71. The monoisotopic (exact) mass is 364 g/mol. The number of fused-ring (bicyclic) bond motifs is 1. The zero-order chi connectivity index (χ0) is 16.0. The third kappa shape index (κ3) is 6.04. The maximum absolute atomic E-state index is 11.4. The van der Waals surface area contributed by atoms with Gasteiger partial charge in [0, 0.05) is 5.56 Å². The molecule has 1 N–H and O–H groups in total. The Labute approximate surface area is 127 Å². The van der Waals surface area contributed by atoms with Crippen LogP contribution in [0.15, 0.2) is 34.7 Å². The first-order valence-corrected chi connectivity index (χ1v) is 6.92. The second-order valence-electron chi connectivity index (χ2n) is 4.02. The van der Waals surface area contributed by atoms with E-state index >= 15 is 0 Å². The Kier molecular flexibility index (Phi) is 6.02. The number of aliphatic carboxylic acids is 1. The maximum Gasteiger partial charge on any atom is 0.338 e. The van der Waals surface area contributed by atoms with Crippen molar-refractivity contribution in [2.45, 2.75) is 19.2 Å². The minimum absolute atomic E-state index is 0.199. The molecule has 2 rings (SSSR count). The van der Waals surface area contributed by atoms with Crippen LogP contribution < -0.4 is 0 Å². The predicted molar refractivity (Wildman–Crippen MR) is 70.5 cm³/mol. The quantitative estimate of drug-likeness (QED) is 0.495. The van der Waals surface area contributed by atoms with E-state index in [4.69, 9.17) is 9.84 Å². The third-order valence-corrected chi connectivity index (χ3v) is 3.41. The summed E-state index contributed by atoms with van der Waals surface area (Å²) >= 11 is 0.673. The molecule has 0 radical (unpaired) electrons. The van der Waals surface area contributed by atoms with E-state index in [0.29, 0.717) is 35.1 Å². The first kappa shape index (κ1) is 17.3. The zero-order valence-electron chi connectivity index (χ0n) is 10.7. The van der Waals surface area contributed by atoms with Crippen LogP contribution in [0.5, 0.6) is 0 Å². The van der Waals surface area contributed by atoms with Crippen molar-refractivity contribution in [2.75, 3.05) is 0 Å². The van der Waals surface area contributed by atoms with E-state index in [1.165, 1.54) is 0 Å². The number of allylic oxidation sites excluding steroid dienone is 1. The number of hydrogen-bond acceptors (Lipinski definition) is 3. The predicted octanol–water partition coefficient (Wildman–Crippen LogP) is 1.90. The summed E-state index contributed by atoms with van der Waals surface area (Å²) in [5, 5.41) is 8.16. The second kappa shape index (κ2) is 7.31. The number of halogens is 3. The number of alkyl halides is 3. The van der Waals surface area contributed by atoms with Gasteiger partial charge in [0.2, 0.25) is 0 Å². The molecule has 1 heterocycles. The Morgan fingerprint density at radius 2 is 2.00 bits per heavy atom. The molecule has 1 atom stereocenters. The minimum atomic E-state index is -4.31. The second-order valence-corrected chi connectivity index (χ2v) is 5.32. The van der Waals surface area contributed by atoms with Crippen LogP contribution in [-0.4, -0.2) is 40.1 Å². The normalized spacial score (nSPS) is 13.9. The van der Waals surface area contributed by atoms with E-state index in [-0.39, 0.29) is 10.3 Å². The molecule has 0 bridgehead atoms. The topological polar surface area (TPSA) is 63.6 Å². The van der Waals surface area contributed by atoms with Crippen LogP contribution in [0.3, 0.4) is 0 Å². The van der Waals surface area contributed by atoms with E-state index in [0.717, 1.165) is 5.56 Å². The van der Waals surface area contributed by atoms with Gasteiger partial charge in [-0.15, -0.1) is 0 Å². The fraction of sp³-hybridized carbons (Fsp3) is 0.231. The van der Waals surface area contributed by atoms with E-state index < -0.39 is 18.6 Å². The molecule has 0 aliphatic carbocycles. The summed E-state index contributed by atoms with van der Waals surface area (Å²) in [7, 11) is 0. The molecule has 1 aliphatic heterocycles. The van der Waals surface area contributed by atoms with E-state index in [1.807, 2.05) is 18.2 Å². The SMILES string of the molecule is O=C(O)C([AsH2])=CCC(F)(F)F.O=C1OCc2ccccc21. The van der Waals surface area contributed by atoms with Gasteiger partial charge in [-0.25, -0.2) is 4.79 Å². The number of ether oxygens (including phenoxy) is 1. The van der Waals surface area contributed by atoms with Crippen molar-refractivity contribution in [2.24, 2.45) is 0 Å². The average Bonchev–Trinajstić information content (AvgIpc) is 2.78. The molecule has 21 heavy (non-hydrogen) atoms. The van der Waals surface area contributed by atoms with Gasteiger partial charge in [-0.2, -0.15) is 0 Å². The molecule has 1 aromatic rings. The standard InChI is InChI=1S/C8H6O2.C5H6AsF3O2/c9-8-7-4-2-1-3-6(7)5-10-8;6-3(4(10)11)1-2-5(7,8)9/h1-4H,5H2;1H,2,6H2,(H,10,11). The smallest absolute Gasteiger partial charge is 0.338 e. The number of benzene rings is 1. The van der Waals surface area contributed by atoms with Crippen LogP contribution in [0.2, 0.25) is 0 Å². The van der Waals surface area contributed by atoms with Crippen LogP contribution in [-0.2, 0) is 16.1 Å². The van der Waals surface area contributed by atoms with Gasteiger partial charge >= 0.3 is 74.9 Å². The molecule has 1 aliphatic rings. The maximum atomic E-state index is 11.4. The van der Waals surface area contributed by atoms with Crippen molar-refractivity contribution in [3.8, 4) is 0 Å². The molecule has 0 fully saturated rings. The number of rotatable bonds is 2. The van der Waals surface area contributed by atoms with Gasteiger partial charge in [0.1, 0.15) is 6.61 Å². The summed E-state index contributed by atoms with van der Waals surface area (Å²) in [5.41, 5.74) is 1.70. The average molecular weight is 364 g/mol. The summed E-state index contributed by atoms with van der Waals surface area (Å²) in [6, 6.07) is 7.43. The molecule has 0 saturated heterocycles. The number of carboxylic acid groups (broad SMARTS) is 1. The van der Waals surface area contributed by atoms with E-state index in [2.05, 4.69) is 0 Å². The van der Waals surface area contributed by atoms with Crippen LogP contribution >= 0.6 is 0 Å². The molecule has 114 valence electrons. The van der Waals surface area contributed by atoms with E-state index in [9.17, 15) is 22.8 Å². The number of cyclic esters (lactones) is 1. The van der Waals surface area contributed by atoms with Crippen molar-refractivity contribution in [3.63, 3.8) is 0 Å². The molecule has 0 saturated carbocycles. The fourth-order valence-corrected chi connectivity index (χ4v) is 1.63. The number of esters is 1. The largest absolute Gasteiger partial charge is 0.457 e. The minimum Gasteiger partial charge on any atom is -0.457 e. The number of carbonyl (C=O) groups is 2. The molecule has 4 nitrogen and oxygen atoms in total. The summed E-state index contributed by atoms with van der Waals surface area (Å²) in [5.74, 6) is -1.50. The van der Waals surface area contributed by atoms with Crippen LogP contribution in [0, 0.1) is 0 Å². The van der Waals surface area contributed by atoms with Gasteiger partial charge in [-0.1, -0.05) is 18.2 Å². The van der Waals surface area contributed by atoms with Gasteiger partial charge in [-0.3, -0.25) is 0 Å². The van der Waals surface area contributed by atoms with Gasteiger partial charge < -0.3 is 4.74 Å². The summed E-state index contributed by atoms with van der Waals surface area (Å²) in [6.07, 6.45) is -4.82. The summed E-state index contributed by atoms with van der Waals surface area (Å²) in [4.78, 5) is 20.8. The van der Waals surface area contributed by atoms with Crippen molar-refractivity contribution >= 4 is 28.8 Å². The van der Waals surface area contributed by atoms with E-state index in [1.54, 1.807) is 6.07 Å². The van der Waals surface area contributed by atoms with Crippen molar-refractivity contribution < 1.29 is 32.6 Å². The van der Waals surface area contributed by atoms with Crippen molar-refractivity contribution in [1.82, 2.24) is 0 Å². The number of carbonyl (C=O) groups excluding carboxylic acids is 1. The van der Waals surface area contributed by atoms with Crippen LogP contribution in [0.25, 0.3) is 0 Å². The number of hydrogen-bond donors (Lipinski definition) is 1. The third-order valence-electron chi connectivity index (χ3n) is 2.40. The van der Waals surface area contributed by atoms with Crippen LogP contribution in [0.4, 0.5) is 13.2 Å². The Morgan fingerprint density at radius 1 is 1.38 bits per heavy atom. The van der Waals surface area contributed by atoms with Gasteiger partial charge in [0.25, 0.3) is 0 Å². The Balaban J connectivity index is 0.000000210. The molecular weight excluding hydrogens is 352 g/mol. The molecule has 8 heteroatoms. The number of carboxylic acids is 1.